The van der Waals surface area contributed by atoms with Crippen LogP contribution in [0.3, 0.4) is 0 Å². The average Bonchev–Trinajstić information content (AvgIpc) is 2.86. The van der Waals surface area contributed by atoms with E-state index < -0.39 is 51.2 Å². The van der Waals surface area contributed by atoms with Crippen LogP contribution < -0.4 is 10.5 Å². The van der Waals surface area contributed by atoms with Gasteiger partial charge in [0.25, 0.3) is 0 Å². The van der Waals surface area contributed by atoms with Gasteiger partial charge < -0.3 is 15.6 Å². The third kappa shape index (κ3) is 6.67. The lowest BCUT2D eigenvalue weighted by molar-refractivity contribution is -0.192. The fraction of sp³-hybridized carbons (Fsp3) is 0.400. The summed E-state index contributed by atoms with van der Waals surface area (Å²) >= 11 is 0. The number of halogens is 4. The molecular weight excluding hydrogens is 428 g/mol. The Morgan fingerprint density at radius 2 is 1.93 bits per heavy atom. The molecule has 0 bridgehead atoms. The fourth-order valence-electron chi connectivity index (χ4n) is 2.27. The Labute approximate surface area is 161 Å². The second kappa shape index (κ2) is 9.17. The summed E-state index contributed by atoms with van der Waals surface area (Å²) in [6.45, 7) is 0. The molecule has 1 aliphatic rings. The molecule has 1 aliphatic heterocycles. The van der Waals surface area contributed by atoms with Crippen molar-refractivity contribution in [1.29, 1.82) is 0 Å². The Morgan fingerprint density at radius 1 is 1.38 bits per heavy atom. The molecule has 9 nitrogen and oxygen atoms in total. The Morgan fingerprint density at radius 3 is 2.31 bits per heavy atom. The molecule has 0 aromatic heterocycles. The Hall–Kier alpha value is -2.74. The van der Waals surface area contributed by atoms with E-state index in [2.05, 4.69) is 4.74 Å². The van der Waals surface area contributed by atoms with Crippen LogP contribution >= 0.6 is 0 Å². The minimum Gasteiger partial charge on any atom is -0.475 e. The van der Waals surface area contributed by atoms with Gasteiger partial charge in [0.15, 0.2) is 0 Å². The summed E-state index contributed by atoms with van der Waals surface area (Å²) in [7, 11) is -2.71. The van der Waals surface area contributed by atoms with Gasteiger partial charge in [0.1, 0.15) is 17.1 Å². The molecule has 14 heteroatoms. The molecule has 0 aliphatic carbocycles. The molecule has 162 valence electrons. The number of methoxy groups -OCH3 is 1. The summed E-state index contributed by atoms with van der Waals surface area (Å²) < 4.78 is 75.7. The zero-order valence-corrected chi connectivity index (χ0v) is 15.5. The minimum atomic E-state index is -5.08. The van der Waals surface area contributed by atoms with Crippen molar-refractivity contribution in [2.75, 3.05) is 7.11 Å². The smallest absolute Gasteiger partial charge is 0.475 e. The number of sulfonamides is 1. The predicted octanol–water partition coefficient (Wildman–Crippen LogP) is 0.393. The number of alkyl halides is 3. The largest absolute Gasteiger partial charge is 0.490 e. The topological polar surface area (TPSA) is 153 Å². The van der Waals surface area contributed by atoms with E-state index in [1.54, 1.807) is 0 Å². The Kier molecular flexibility index (Phi) is 7.68. The molecule has 1 fully saturated rings. The van der Waals surface area contributed by atoms with E-state index in [9.17, 15) is 35.6 Å². The fourth-order valence-corrected chi connectivity index (χ4v) is 3.71. The lowest BCUT2D eigenvalue weighted by Gasteiger charge is -2.12. The average molecular weight is 444 g/mol. The van der Waals surface area contributed by atoms with Crippen molar-refractivity contribution < 1.29 is 50.2 Å². The van der Waals surface area contributed by atoms with Crippen molar-refractivity contribution in [2.45, 2.75) is 30.3 Å². The highest BCUT2D eigenvalue weighted by atomic mass is 32.2. The van der Waals surface area contributed by atoms with E-state index in [4.69, 9.17) is 15.6 Å². The summed E-state index contributed by atoms with van der Waals surface area (Å²) in [5, 5.41) is 5.88. The molecule has 1 aromatic rings. The minimum absolute atomic E-state index is 0.0540. The SMILES string of the molecule is COC(=O)[C@@H](N)Cc1ccc(C2CC(=O)NS2(=O)=O)c(F)c1.O=C(O)C(F)(F)F. The van der Waals surface area contributed by atoms with Crippen LogP contribution in [0.5, 0.6) is 0 Å². The molecule has 1 unspecified atom stereocenters. The number of nitrogens with one attached hydrogen (secondary N) is 1. The van der Waals surface area contributed by atoms with Crippen molar-refractivity contribution in [3.8, 4) is 0 Å². The first kappa shape index (κ1) is 24.3. The van der Waals surface area contributed by atoms with Gasteiger partial charge in [-0.3, -0.25) is 14.3 Å². The third-order valence-corrected chi connectivity index (χ3v) is 5.30. The highest BCUT2D eigenvalue weighted by molar-refractivity contribution is 7.90. The first-order valence-electron chi connectivity index (χ1n) is 7.65. The van der Waals surface area contributed by atoms with Gasteiger partial charge in [0.2, 0.25) is 15.9 Å². The number of nitrogens with two attached hydrogens (primary N) is 1. The lowest BCUT2D eigenvalue weighted by Crippen LogP contribution is -2.33. The molecule has 1 saturated heterocycles. The number of carboxylic acid groups (broad SMARTS) is 1. The molecule has 1 heterocycles. The summed E-state index contributed by atoms with van der Waals surface area (Å²) in [6.07, 6.45) is -5.35. The van der Waals surface area contributed by atoms with Crippen LogP contribution in [-0.2, 0) is 35.6 Å². The maximum Gasteiger partial charge on any atom is 0.490 e. The van der Waals surface area contributed by atoms with Crippen LogP contribution in [0.2, 0.25) is 0 Å². The van der Waals surface area contributed by atoms with Gasteiger partial charge in [-0.25, -0.2) is 17.6 Å². The number of amides is 1. The summed E-state index contributed by atoms with van der Waals surface area (Å²) in [4.78, 5) is 31.3. The van der Waals surface area contributed by atoms with E-state index in [0.717, 1.165) is 6.07 Å². The number of carboxylic acids is 1. The molecular formula is C15H16F4N2O7S. The molecule has 2 rings (SSSR count). The zero-order valence-electron chi connectivity index (χ0n) is 14.7. The number of carbonyl (C=O) groups excluding carboxylic acids is 2. The number of rotatable bonds is 4. The third-order valence-electron chi connectivity index (χ3n) is 3.62. The van der Waals surface area contributed by atoms with Crippen molar-refractivity contribution in [2.24, 2.45) is 5.73 Å². The lowest BCUT2D eigenvalue weighted by atomic mass is 10.0. The van der Waals surface area contributed by atoms with Gasteiger partial charge in [-0.1, -0.05) is 12.1 Å². The first-order valence-corrected chi connectivity index (χ1v) is 9.20. The van der Waals surface area contributed by atoms with Gasteiger partial charge in [-0.2, -0.15) is 13.2 Å². The van der Waals surface area contributed by atoms with Crippen molar-refractivity contribution in [1.82, 2.24) is 4.72 Å². The number of carbonyl (C=O) groups is 3. The van der Waals surface area contributed by atoms with Gasteiger partial charge in [0.05, 0.1) is 13.5 Å². The van der Waals surface area contributed by atoms with Crippen LogP contribution in [0.1, 0.15) is 22.8 Å². The van der Waals surface area contributed by atoms with Gasteiger partial charge >= 0.3 is 18.1 Å². The number of hydrogen-bond acceptors (Lipinski definition) is 7. The number of hydrogen-bond donors (Lipinski definition) is 3. The van der Waals surface area contributed by atoms with Crippen molar-refractivity contribution >= 4 is 27.9 Å². The summed E-state index contributed by atoms with van der Waals surface area (Å²) in [5.41, 5.74) is 5.92. The van der Waals surface area contributed by atoms with E-state index in [1.165, 1.54) is 19.2 Å². The molecule has 0 spiro atoms. The van der Waals surface area contributed by atoms with E-state index in [1.807, 2.05) is 4.72 Å². The van der Waals surface area contributed by atoms with Crippen LogP contribution in [0.25, 0.3) is 0 Å². The predicted molar refractivity (Wildman–Crippen MR) is 88.2 cm³/mol. The number of benzene rings is 1. The standard InChI is InChI=1S/C13H15FN2O5S.C2HF3O2/c1-21-13(18)10(15)5-7-2-3-8(9(14)4-7)11-6-12(17)16-22(11,19)20;3-2(4,5)1(6)7/h2-4,10-11H,5-6,15H2,1H3,(H,16,17);(H,6,7)/t10-,11?;/m0./s1. The summed E-state index contributed by atoms with van der Waals surface area (Å²) in [6, 6.07) is 2.93. The van der Waals surface area contributed by atoms with Gasteiger partial charge in [-0.05, 0) is 18.1 Å². The number of ether oxygens (including phenoxy) is 1. The van der Waals surface area contributed by atoms with Gasteiger partial charge in [-0.15, -0.1) is 0 Å². The zero-order chi connectivity index (χ0) is 22.6. The molecule has 0 saturated carbocycles. The van der Waals surface area contributed by atoms with E-state index >= 15 is 0 Å². The highest BCUT2D eigenvalue weighted by Gasteiger charge is 2.39. The number of aliphatic carboxylic acids is 1. The summed E-state index contributed by atoms with van der Waals surface area (Å²) in [5.74, 6) is -4.81. The molecule has 1 amide bonds. The second-order valence-corrected chi connectivity index (χ2v) is 7.62. The van der Waals surface area contributed by atoms with Crippen LogP contribution in [0.15, 0.2) is 18.2 Å². The van der Waals surface area contributed by atoms with Gasteiger partial charge in [0, 0.05) is 5.56 Å². The van der Waals surface area contributed by atoms with Crippen LogP contribution in [0, 0.1) is 5.82 Å². The molecule has 0 radical (unpaired) electrons. The first-order chi connectivity index (χ1) is 13.2. The van der Waals surface area contributed by atoms with Crippen LogP contribution in [-0.4, -0.2) is 50.7 Å². The highest BCUT2D eigenvalue weighted by Crippen LogP contribution is 2.32. The van der Waals surface area contributed by atoms with Crippen molar-refractivity contribution in [3.63, 3.8) is 0 Å². The quantitative estimate of drug-likeness (QED) is 0.445. The molecule has 4 N–H and O–H groups in total. The van der Waals surface area contributed by atoms with Crippen LogP contribution in [0.4, 0.5) is 17.6 Å². The number of esters is 1. The monoisotopic (exact) mass is 444 g/mol. The van der Waals surface area contributed by atoms with E-state index in [-0.39, 0.29) is 18.4 Å². The van der Waals surface area contributed by atoms with Crippen molar-refractivity contribution in [3.05, 3.63) is 35.1 Å². The Bertz CT molecular complexity index is 902. The molecule has 1 aromatic carbocycles. The molecule has 2 atom stereocenters. The second-order valence-electron chi connectivity index (χ2n) is 5.76. The Balaban J connectivity index is 0.000000516. The molecule has 29 heavy (non-hydrogen) atoms. The maximum atomic E-state index is 14.1. The normalized spacial score (nSPS) is 18.8. The van der Waals surface area contributed by atoms with E-state index in [0.29, 0.717) is 5.56 Å². The maximum absolute atomic E-state index is 14.1.